The maximum absolute atomic E-state index is 13.7. The number of aryl methyl sites for hydroxylation is 3. The van der Waals surface area contributed by atoms with Gasteiger partial charge in [-0.2, -0.15) is 8.78 Å². The predicted molar refractivity (Wildman–Crippen MR) is 143 cm³/mol. The predicted octanol–water partition coefficient (Wildman–Crippen LogP) is 3.38. The summed E-state index contributed by atoms with van der Waals surface area (Å²) in [5.74, 6) is -2.77. The van der Waals surface area contributed by atoms with E-state index in [-0.39, 0.29) is 29.2 Å². The summed E-state index contributed by atoms with van der Waals surface area (Å²) in [6.07, 6.45) is 2.65. The van der Waals surface area contributed by atoms with Crippen molar-refractivity contribution in [2.45, 2.75) is 46.2 Å². The highest BCUT2D eigenvalue weighted by atomic mass is 32.1. The number of halogens is 2. The molecule has 0 aliphatic carbocycles. The molecule has 40 heavy (non-hydrogen) atoms. The first kappa shape index (κ1) is 27.1. The molecule has 0 radical (unpaired) electrons. The minimum absolute atomic E-state index is 0.0679. The van der Waals surface area contributed by atoms with Gasteiger partial charge in [0.2, 0.25) is 5.91 Å². The van der Waals surface area contributed by atoms with Crippen LogP contribution in [-0.2, 0) is 24.3 Å². The van der Waals surface area contributed by atoms with Crippen molar-refractivity contribution < 1.29 is 18.1 Å². The molecule has 0 saturated heterocycles. The van der Waals surface area contributed by atoms with Crippen molar-refractivity contribution in [3.8, 4) is 10.6 Å². The van der Waals surface area contributed by atoms with E-state index in [1.54, 1.807) is 38.3 Å². The molecule has 5 aromatic rings. The Hall–Kier alpha value is -4.53. The lowest BCUT2D eigenvalue weighted by Gasteiger charge is -2.14. The van der Waals surface area contributed by atoms with Gasteiger partial charge in [0.25, 0.3) is 11.5 Å². The van der Waals surface area contributed by atoms with Gasteiger partial charge in [-0.1, -0.05) is 5.16 Å². The fraction of sp³-hybridized carbons (Fsp3) is 0.320. The summed E-state index contributed by atoms with van der Waals surface area (Å²) < 4.78 is 36.1. The van der Waals surface area contributed by atoms with Crippen LogP contribution in [0.25, 0.3) is 21.7 Å². The zero-order valence-corrected chi connectivity index (χ0v) is 22.9. The van der Waals surface area contributed by atoms with Crippen molar-refractivity contribution in [3.63, 3.8) is 0 Å². The van der Waals surface area contributed by atoms with Crippen molar-refractivity contribution in [1.29, 1.82) is 0 Å². The Balaban J connectivity index is 1.41. The third-order valence-electron chi connectivity index (χ3n) is 6.35. The standard InChI is InChI=1S/C25H24F2N8O4S/c1-12-6-15(8-28-19(12)25(4,26)27)22-31-17(10-40-22)30-21(36)14(3)35-11-29-20-18(35)23(37)34(24(38)33(20)5)9-16-7-13(2)39-32-16/h6-8,10-11,14H,9H2,1-5H3,(H,30,36)/t14-/m0/s1. The number of thiazole rings is 1. The van der Waals surface area contributed by atoms with E-state index < -0.39 is 29.1 Å². The second-order valence-corrected chi connectivity index (χ2v) is 10.3. The molecular formula is C25H24F2N8O4S. The number of alkyl halides is 2. The molecule has 1 N–H and O–H groups in total. The average Bonchev–Trinajstić information content (AvgIpc) is 3.64. The Bertz CT molecular complexity index is 1880. The zero-order chi connectivity index (χ0) is 28.9. The second-order valence-electron chi connectivity index (χ2n) is 9.47. The SMILES string of the molecule is Cc1cc(Cn2c(=O)c3c(ncn3[C@@H](C)C(=O)Nc3csc(-c4cnc(C(C)(F)F)c(C)c4)n3)n(C)c2=O)no1. The van der Waals surface area contributed by atoms with E-state index in [0.29, 0.717) is 27.6 Å². The molecule has 5 rings (SSSR count). The van der Waals surface area contributed by atoms with Crippen molar-refractivity contribution in [1.82, 2.24) is 33.8 Å². The van der Waals surface area contributed by atoms with E-state index >= 15 is 0 Å². The van der Waals surface area contributed by atoms with Gasteiger partial charge >= 0.3 is 5.69 Å². The number of fused-ring (bicyclic) bond motifs is 1. The number of nitrogens with one attached hydrogen (secondary N) is 1. The van der Waals surface area contributed by atoms with Gasteiger partial charge in [0, 0.05) is 37.2 Å². The topological polar surface area (TPSA) is 143 Å². The lowest BCUT2D eigenvalue weighted by atomic mass is 10.1. The molecule has 0 aliphatic heterocycles. The van der Waals surface area contributed by atoms with E-state index in [9.17, 15) is 23.2 Å². The summed E-state index contributed by atoms with van der Waals surface area (Å²) in [5, 5.41) is 8.66. The summed E-state index contributed by atoms with van der Waals surface area (Å²) >= 11 is 1.21. The lowest BCUT2D eigenvalue weighted by Crippen LogP contribution is -2.40. The smallest absolute Gasteiger partial charge is 0.332 e. The Morgan fingerprint density at radius 2 is 1.98 bits per heavy atom. The van der Waals surface area contributed by atoms with Gasteiger partial charge in [-0.25, -0.2) is 14.8 Å². The van der Waals surface area contributed by atoms with Crippen LogP contribution in [0.4, 0.5) is 14.6 Å². The van der Waals surface area contributed by atoms with Crippen LogP contribution in [0, 0.1) is 13.8 Å². The number of carbonyl (C=O) groups excluding carboxylic acids is 1. The van der Waals surface area contributed by atoms with Gasteiger partial charge < -0.3 is 14.4 Å². The number of nitrogens with zero attached hydrogens (tertiary/aromatic N) is 7. The Morgan fingerprint density at radius 3 is 2.62 bits per heavy atom. The van der Waals surface area contributed by atoms with Crippen molar-refractivity contribution >= 4 is 34.2 Å². The van der Waals surface area contributed by atoms with Gasteiger partial charge in [0.1, 0.15) is 34.0 Å². The number of carbonyl (C=O) groups is 1. The number of pyridine rings is 1. The van der Waals surface area contributed by atoms with Gasteiger partial charge in [-0.15, -0.1) is 11.3 Å². The van der Waals surface area contributed by atoms with Crippen LogP contribution in [-0.4, -0.2) is 39.7 Å². The molecular weight excluding hydrogens is 546 g/mol. The largest absolute Gasteiger partial charge is 0.361 e. The highest BCUT2D eigenvalue weighted by molar-refractivity contribution is 7.13. The Kier molecular flexibility index (Phi) is 6.69. The third-order valence-corrected chi connectivity index (χ3v) is 7.24. The molecule has 5 aromatic heterocycles. The molecule has 0 aromatic carbocycles. The summed E-state index contributed by atoms with van der Waals surface area (Å²) in [5.41, 5.74) is -0.0724. The number of amides is 1. The first-order chi connectivity index (χ1) is 18.8. The highest BCUT2D eigenvalue weighted by Crippen LogP contribution is 2.32. The van der Waals surface area contributed by atoms with E-state index in [1.807, 2.05) is 0 Å². The monoisotopic (exact) mass is 570 g/mol. The van der Waals surface area contributed by atoms with Gasteiger partial charge in [-0.3, -0.25) is 23.7 Å². The summed E-state index contributed by atoms with van der Waals surface area (Å²) in [7, 11) is 1.48. The minimum Gasteiger partial charge on any atom is -0.361 e. The van der Waals surface area contributed by atoms with E-state index in [2.05, 4.69) is 25.4 Å². The van der Waals surface area contributed by atoms with Crippen LogP contribution in [0.15, 0.2) is 44.1 Å². The lowest BCUT2D eigenvalue weighted by molar-refractivity contribution is -0.118. The van der Waals surface area contributed by atoms with Crippen LogP contribution in [0.1, 0.15) is 42.6 Å². The molecule has 0 fully saturated rings. The molecule has 1 atom stereocenters. The molecule has 0 aliphatic rings. The van der Waals surface area contributed by atoms with Crippen LogP contribution < -0.4 is 16.6 Å². The fourth-order valence-corrected chi connectivity index (χ4v) is 5.08. The van der Waals surface area contributed by atoms with E-state index in [0.717, 1.165) is 11.5 Å². The Morgan fingerprint density at radius 1 is 1.23 bits per heavy atom. The average molecular weight is 571 g/mol. The van der Waals surface area contributed by atoms with Crippen molar-refractivity contribution in [3.05, 3.63) is 73.6 Å². The fourth-order valence-electron chi connectivity index (χ4n) is 4.35. The van der Waals surface area contributed by atoms with Crippen molar-refractivity contribution in [2.24, 2.45) is 7.05 Å². The maximum atomic E-state index is 13.7. The summed E-state index contributed by atoms with van der Waals surface area (Å²) in [6.45, 7) is 5.50. The number of hydrogen-bond donors (Lipinski definition) is 1. The quantitative estimate of drug-likeness (QED) is 0.314. The molecule has 0 spiro atoms. The number of aromatic nitrogens is 7. The third kappa shape index (κ3) is 4.83. The molecule has 12 nitrogen and oxygen atoms in total. The molecule has 15 heteroatoms. The first-order valence-electron chi connectivity index (χ1n) is 12.1. The number of imidazole rings is 1. The molecule has 0 unspecified atom stereocenters. The molecule has 0 bridgehead atoms. The molecule has 0 saturated carbocycles. The van der Waals surface area contributed by atoms with Crippen molar-refractivity contribution in [2.75, 3.05) is 5.32 Å². The summed E-state index contributed by atoms with van der Waals surface area (Å²) in [6, 6.07) is 2.29. The Labute approximate surface area is 228 Å². The molecule has 5 heterocycles. The summed E-state index contributed by atoms with van der Waals surface area (Å²) in [4.78, 5) is 51.9. The van der Waals surface area contributed by atoms with Gasteiger partial charge in [0.05, 0.1) is 12.9 Å². The molecule has 208 valence electrons. The number of hydrogen-bond acceptors (Lipinski definition) is 9. The highest BCUT2D eigenvalue weighted by Gasteiger charge is 2.28. The number of anilines is 1. The first-order valence-corrected chi connectivity index (χ1v) is 12.9. The van der Waals surface area contributed by atoms with Crippen LogP contribution in [0.5, 0.6) is 0 Å². The molecule has 1 amide bonds. The van der Waals surface area contributed by atoms with Crippen LogP contribution >= 0.6 is 11.3 Å². The number of rotatable bonds is 7. The van der Waals surface area contributed by atoms with E-state index in [4.69, 9.17) is 4.52 Å². The second kappa shape index (κ2) is 9.89. The maximum Gasteiger partial charge on any atom is 0.332 e. The normalized spacial score (nSPS) is 12.7. The van der Waals surface area contributed by atoms with E-state index in [1.165, 1.54) is 40.0 Å². The van der Waals surface area contributed by atoms with Gasteiger partial charge in [-0.05, 0) is 32.4 Å². The van der Waals surface area contributed by atoms with Crippen LogP contribution in [0.3, 0.4) is 0 Å². The van der Waals surface area contributed by atoms with Crippen LogP contribution in [0.2, 0.25) is 0 Å². The van der Waals surface area contributed by atoms with Gasteiger partial charge in [0.15, 0.2) is 11.2 Å². The zero-order valence-electron chi connectivity index (χ0n) is 22.1. The minimum atomic E-state index is -3.07.